The lowest BCUT2D eigenvalue weighted by atomic mass is 10.3. The Balaban J connectivity index is 3.14. The van der Waals surface area contributed by atoms with Crippen LogP contribution < -0.4 is 9.47 Å². The van der Waals surface area contributed by atoms with Gasteiger partial charge < -0.3 is 9.47 Å². The summed E-state index contributed by atoms with van der Waals surface area (Å²) < 4.78 is 12.2. The third kappa shape index (κ3) is 3.64. The molecule has 1 aromatic rings. The van der Waals surface area contributed by atoms with Crippen molar-refractivity contribution in [3.8, 4) is 11.5 Å². The maximum absolute atomic E-state index is 10.9. The zero-order valence-corrected chi connectivity index (χ0v) is 12.1. The molecule has 1 rings (SSSR count). The first-order valence-corrected chi connectivity index (χ1v) is 6.22. The second kappa shape index (κ2) is 5.69. The standard InChI is InChI=1S/C10H10BrIO3/c1-3-14-9-5-7(12)4-8(11)10(9)15-6(2)13/h4-5H,3H2,1-2H3. The van der Waals surface area contributed by atoms with Crippen LogP contribution in [0.5, 0.6) is 11.5 Å². The van der Waals surface area contributed by atoms with E-state index in [-0.39, 0.29) is 5.97 Å². The molecule has 1 aromatic carbocycles. The molecule has 0 saturated carbocycles. The van der Waals surface area contributed by atoms with Crippen LogP contribution in [0.15, 0.2) is 16.6 Å². The van der Waals surface area contributed by atoms with Crippen molar-refractivity contribution in [3.63, 3.8) is 0 Å². The van der Waals surface area contributed by atoms with Gasteiger partial charge in [-0.1, -0.05) is 0 Å². The fraction of sp³-hybridized carbons (Fsp3) is 0.300. The summed E-state index contributed by atoms with van der Waals surface area (Å²) in [6, 6.07) is 3.69. The highest BCUT2D eigenvalue weighted by atomic mass is 127. The molecule has 0 spiro atoms. The molecule has 0 amide bonds. The fourth-order valence-corrected chi connectivity index (χ4v) is 2.59. The summed E-state index contributed by atoms with van der Waals surface area (Å²) in [4.78, 5) is 10.9. The minimum atomic E-state index is -0.363. The third-order valence-electron chi connectivity index (χ3n) is 1.52. The van der Waals surface area contributed by atoms with Crippen LogP contribution in [0.25, 0.3) is 0 Å². The van der Waals surface area contributed by atoms with E-state index in [2.05, 4.69) is 38.5 Å². The molecule has 0 fully saturated rings. The summed E-state index contributed by atoms with van der Waals surface area (Å²) in [6.45, 7) is 3.77. The van der Waals surface area contributed by atoms with Gasteiger partial charge in [0.05, 0.1) is 11.1 Å². The number of hydrogen-bond donors (Lipinski definition) is 0. The monoisotopic (exact) mass is 384 g/mol. The van der Waals surface area contributed by atoms with Gasteiger partial charge in [-0.25, -0.2) is 0 Å². The fourth-order valence-electron chi connectivity index (χ4n) is 1.04. The number of esters is 1. The molecule has 5 heteroatoms. The minimum Gasteiger partial charge on any atom is -0.490 e. The van der Waals surface area contributed by atoms with E-state index in [0.29, 0.717) is 22.6 Å². The topological polar surface area (TPSA) is 35.5 Å². The van der Waals surface area contributed by atoms with Gasteiger partial charge in [0.15, 0.2) is 11.5 Å². The van der Waals surface area contributed by atoms with Gasteiger partial charge in [-0.3, -0.25) is 4.79 Å². The Morgan fingerprint density at radius 3 is 2.73 bits per heavy atom. The number of ether oxygens (including phenoxy) is 2. The molecule has 0 aromatic heterocycles. The molecule has 0 heterocycles. The lowest BCUT2D eigenvalue weighted by Gasteiger charge is -2.11. The molecule has 0 radical (unpaired) electrons. The van der Waals surface area contributed by atoms with E-state index in [1.807, 2.05) is 19.1 Å². The summed E-state index contributed by atoms with van der Waals surface area (Å²) in [5.41, 5.74) is 0. The average Bonchev–Trinajstić information content (AvgIpc) is 2.11. The van der Waals surface area contributed by atoms with Crippen molar-refractivity contribution in [1.82, 2.24) is 0 Å². The number of rotatable bonds is 3. The van der Waals surface area contributed by atoms with E-state index in [0.717, 1.165) is 3.57 Å². The summed E-state index contributed by atoms with van der Waals surface area (Å²) >= 11 is 5.51. The normalized spacial score (nSPS) is 9.87. The second-order valence-corrected chi connectivity index (χ2v) is 4.84. The van der Waals surface area contributed by atoms with E-state index in [9.17, 15) is 4.79 Å². The summed E-state index contributed by atoms with van der Waals surface area (Å²) in [5.74, 6) is 0.647. The zero-order valence-electron chi connectivity index (χ0n) is 8.34. The predicted molar refractivity (Wildman–Crippen MR) is 69.3 cm³/mol. The molecule has 0 atom stereocenters. The van der Waals surface area contributed by atoms with Crippen LogP contribution in [0, 0.1) is 3.57 Å². The molecule has 0 unspecified atom stereocenters. The minimum absolute atomic E-state index is 0.363. The Hall–Kier alpha value is -0.300. The lowest BCUT2D eigenvalue weighted by molar-refractivity contribution is -0.132. The summed E-state index contributed by atoms with van der Waals surface area (Å²) in [5, 5.41) is 0. The number of halogens is 2. The second-order valence-electron chi connectivity index (χ2n) is 2.74. The highest BCUT2D eigenvalue weighted by Gasteiger charge is 2.13. The van der Waals surface area contributed by atoms with Gasteiger partial charge in [-0.15, -0.1) is 0 Å². The maximum Gasteiger partial charge on any atom is 0.308 e. The van der Waals surface area contributed by atoms with E-state index in [1.165, 1.54) is 6.92 Å². The molecule has 0 aliphatic carbocycles. The lowest BCUT2D eigenvalue weighted by Crippen LogP contribution is -2.05. The van der Waals surface area contributed by atoms with Crippen LogP contribution in [0.3, 0.4) is 0 Å². The first-order chi connectivity index (χ1) is 7.04. The first kappa shape index (κ1) is 12.8. The van der Waals surface area contributed by atoms with Gasteiger partial charge in [0.1, 0.15) is 0 Å². The predicted octanol–water partition coefficient (Wildman–Crippen LogP) is 3.38. The number of carbonyl (C=O) groups is 1. The van der Waals surface area contributed by atoms with Gasteiger partial charge >= 0.3 is 5.97 Å². The van der Waals surface area contributed by atoms with Gasteiger partial charge in [0.25, 0.3) is 0 Å². The quantitative estimate of drug-likeness (QED) is 0.455. The van der Waals surface area contributed by atoms with Crippen molar-refractivity contribution in [2.24, 2.45) is 0 Å². The van der Waals surface area contributed by atoms with E-state index >= 15 is 0 Å². The first-order valence-electron chi connectivity index (χ1n) is 4.34. The van der Waals surface area contributed by atoms with Crippen LogP contribution in [-0.4, -0.2) is 12.6 Å². The number of hydrogen-bond acceptors (Lipinski definition) is 3. The number of carbonyl (C=O) groups excluding carboxylic acids is 1. The Morgan fingerprint density at radius 1 is 1.53 bits per heavy atom. The molecule has 0 saturated heterocycles. The molecule has 0 aliphatic rings. The van der Waals surface area contributed by atoms with Crippen molar-refractivity contribution in [3.05, 3.63) is 20.2 Å². The smallest absolute Gasteiger partial charge is 0.308 e. The average molecular weight is 385 g/mol. The van der Waals surface area contributed by atoms with Gasteiger partial charge in [0, 0.05) is 10.5 Å². The molecule has 0 N–H and O–H groups in total. The van der Waals surface area contributed by atoms with E-state index < -0.39 is 0 Å². The van der Waals surface area contributed by atoms with Crippen LogP contribution >= 0.6 is 38.5 Å². The molecule has 82 valence electrons. The van der Waals surface area contributed by atoms with Crippen molar-refractivity contribution < 1.29 is 14.3 Å². The molecule has 0 aliphatic heterocycles. The largest absolute Gasteiger partial charge is 0.490 e. The van der Waals surface area contributed by atoms with Crippen molar-refractivity contribution in [2.45, 2.75) is 13.8 Å². The highest BCUT2D eigenvalue weighted by molar-refractivity contribution is 14.1. The molecule has 15 heavy (non-hydrogen) atoms. The van der Waals surface area contributed by atoms with Crippen LogP contribution in [-0.2, 0) is 4.79 Å². The maximum atomic E-state index is 10.9. The van der Waals surface area contributed by atoms with Gasteiger partial charge in [-0.05, 0) is 57.6 Å². The molecule has 0 bridgehead atoms. The van der Waals surface area contributed by atoms with Crippen molar-refractivity contribution in [2.75, 3.05) is 6.61 Å². The van der Waals surface area contributed by atoms with Crippen LogP contribution in [0.4, 0.5) is 0 Å². The molecular formula is C10H10BrIO3. The zero-order chi connectivity index (χ0) is 11.4. The molecular weight excluding hydrogens is 375 g/mol. The molecule has 3 nitrogen and oxygen atoms in total. The third-order valence-corrected chi connectivity index (χ3v) is 2.73. The Kier molecular flexibility index (Phi) is 4.85. The van der Waals surface area contributed by atoms with E-state index in [4.69, 9.17) is 9.47 Å². The highest BCUT2D eigenvalue weighted by Crippen LogP contribution is 2.37. The summed E-state index contributed by atoms with van der Waals surface area (Å²) in [6.07, 6.45) is 0. The Labute approximate surface area is 110 Å². The van der Waals surface area contributed by atoms with Crippen LogP contribution in [0.1, 0.15) is 13.8 Å². The van der Waals surface area contributed by atoms with Crippen molar-refractivity contribution in [1.29, 1.82) is 0 Å². The van der Waals surface area contributed by atoms with Gasteiger partial charge in [0.2, 0.25) is 0 Å². The van der Waals surface area contributed by atoms with E-state index in [1.54, 1.807) is 0 Å². The SMILES string of the molecule is CCOc1cc(I)cc(Br)c1OC(C)=O. The summed E-state index contributed by atoms with van der Waals surface area (Å²) in [7, 11) is 0. The van der Waals surface area contributed by atoms with Gasteiger partial charge in [-0.2, -0.15) is 0 Å². The number of benzene rings is 1. The Bertz CT molecular complexity index is 379. The van der Waals surface area contributed by atoms with Crippen LogP contribution in [0.2, 0.25) is 0 Å². The Morgan fingerprint density at radius 2 is 2.20 bits per heavy atom. The van der Waals surface area contributed by atoms with Crippen molar-refractivity contribution >= 4 is 44.5 Å².